The standard InChI is InChI=1S/C22H24N10O2/c1-10-16-17(28-32(4)27-16)12-7-8-23-20(18(12)30(10)2)24-13-9-14(26-21(33)11-5-6-11)25-19-15(13)22(34)31(3)29-19/h7-11H,5-6H2,1-4H3,(H3,23,24,25,26,29,33). The zero-order valence-corrected chi connectivity index (χ0v) is 19.2. The lowest BCUT2D eigenvalue weighted by molar-refractivity contribution is -0.117. The largest absolute Gasteiger partial charge is 0.363 e. The SMILES string of the molecule is CC1c2nn(C)nc2-c2ccnc(Nc3cc(NC(=O)C4CC4)nc4[nH]n(C)c(=O)c34)c2N1C. The van der Waals surface area contributed by atoms with Crippen LogP contribution in [0.25, 0.3) is 22.3 Å². The summed E-state index contributed by atoms with van der Waals surface area (Å²) in [5.74, 6) is 0.910. The molecule has 0 aromatic carbocycles. The van der Waals surface area contributed by atoms with Crippen molar-refractivity contribution < 1.29 is 4.79 Å². The fourth-order valence-corrected chi connectivity index (χ4v) is 4.45. The molecule has 5 heterocycles. The number of aryl methyl sites for hydroxylation is 2. The summed E-state index contributed by atoms with van der Waals surface area (Å²) in [6.07, 6.45) is 3.47. The van der Waals surface area contributed by atoms with Crippen LogP contribution in [0.2, 0.25) is 0 Å². The van der Waals surface area contributed by atoms with E-state index in [0.29, 0.717) is 28.4 Å². The predicted octanol–water partition coefficient (Wildman–Crippen LogP) is 2.05. The zero-order chi connectivity index (χ0) is 23.7. The molecule has 1 aliphatic heterocycles. The van der Waals surface area contributed by atoms with Gasteiger partial charge in [0.1, 0.15) is 22.6 Å². The molecule has 3 N–H and O–H groups in total. The Balaban J connectivity index is 1.49. The van der Waals surface area contributed by atoms with Crippen molar-refractivity contribution in [3.05, 3.63) is 34.4 Å². The Morgan fingerprint density at radius 3 is 2.76 bits per heavy atom. The Bertz CT molecular complexity index is 1530. The van der Waals surface area contributed by atoms with E-state index in [9.17, 15) is 9.59 Å². The normalized spacial score (nSPS) is 16.9. The minimum atomic E-state index is -0.229. The lowest BCUT2D eigenvalue weighted by Crippen LogP contribution is -2.27. The van der Waals surface area contributed by atoms with Gasteiger partial charge in [0.05, 0.1) is 17.4 Å². The van der Waals surface area contributed by atoms with Crippen LogP contribution in [0.3, 0.4) is 0 Å². The van der Waals surface area contributed by atoms with Crippen LogP contribution in [0.15, 0.2) is 23.1 Å². The lowest BCUT2D eigenvalue weighted by atomic mass is 9.99. The van der Waals surface area contributed by atoms with Gasteiger partial charge < -0.3 is 15.5 Å². The van der Waals surface area contributed by atoms with E-state index in [4.69, 9.17) is 0 Å². The lowest BCUT2D eigenvalue weighted by Gasteiger charge is -2.33. The number of hydrogen-bond donors (Lipinski definition) is 3. The summed E-state index contributed by atoms with van der Waals surface area (Å²) in [7, 11) is 5.41. The number of H-pyrrole nitrogens is 1. The maximum atomic E-state index is 12.9. The molecule has 12 heteroatoms. The third-order valence-corrected chi connectivity index (χ3v) is 6.51. The number of pyridine rings is 2. The van der Waals surface area contributed by atoms with Crippen LogP contribution in [0, 0.1) is 5.92 Å². The van der Waals surface area contributed by atoms with Gasteiger partial charge in [-0.3, -0.25) is 19.4 Å². The molecule has 4 aromatic heterocycles. The maximum absolute atomic E-state index is 12.9. The number of fused-ring (bicyclic) bond motifs is 4. The average Bonchev–Trinajstić information content (AvgIpc) is 3.52. The van der Waals surface area contributed by atoms with E-state index in [1.807, 2.05) is 13.1 Å². The Hall–Kier alpha value is -4.22. The Morgan fingerprint density at radius 2 is 2.00 bits per heavy atom. The van der Waals surface area contributed by atoms with Crippen LogP contribution < -0.4 is 21.1 Å². The minimum Gasteiger partial charge on any atom is -0.363 e. The first-order valence-corrected chi connectivity index (χ1v) is 11.1. The summed E-state index contributed by atoms with van der Waals surface area (Å²) in [6, 6.07) is 3.57. The van der Waals surface area contributed by atoms with E-state index >= 15 is 0 Å². The van der Waals surface area contributed by atoms with Crippen molar-refractivity contribution in [3.63, 3.8) is 0 Å². The molecule has 12 nitrogen and oxygen atoms in total. The molecule has 4 aromatic rings. The van der Waals surface area contributed by atoms with Crippen LogP contribution in [-0.2, 0) is 18.9 Å². The molecular weight excluding hydrogens is 436 g/mol. The number of nitrogens with one attached hydrogen (secondary N) is 3. The van der Waals surface area contributed by atoms with Crippen molar-refractivity contribution in [3.8, 4) is 11.3 Å². The predicted molar refractivity (Wildman–Crippen MR) is 127 cm³/mol. The van der Waals surface area contributed by atoms with Crippen LogP contribution in [-0.4, -0.2) is 47.7 Å². The van der Waals surface area contributed by atoms with E-state index in [1.54, 1.807) is 31.2 Å². The molecule has 0 bridgehead atoms. The van der Waals surface area contributed by atoms with Gasteiger partial charge in [0.25, 0.3) is 5.56 Å². The summed E-state index contributed by atoms with van der Waals surface area (Å²) < 4.78 is 1.36. The fraction of sp³-hybridized carbons (Fsp3) is 0.364. The number of aromatic amines is 1. The van der Waals surface area contributed by atoms with Gasteiger partial charge in [-0.05, 0) is 25.8 Å². The van der Waals surface area contributed by atoms with Crippen LogP contribution in [0.4, 0.5) is 23.0 Å². The summed E-state index contributed by atoms with van der Waals surface area (Å²) >= 11 is 0. The van der Waals surface area contributed by atoms with Crippen molar-refractivity contribution in [2.24, 2.45) is 20.0 Å². The van der Waals surface area contributed by atoms with Gasteiger partial charge in [-0.1, -0.05) is 0 Å². The minimum absolute atomic E-state index is 0.0214. The molecule has 1 saturated carbocycles. The first kappa shape index (κ1) is 20.4. The number of hydrogen-bond acceptors (Lipinski definition) is 8. The topological polar surface area (TPSA) is 139 Å². The number of carbonyl (C=O) groups is 1. The molecule has 0 radical (unpaired) electrons. The highest BCUT2D eigenvalue weighted by atomic mass is 16.2. The highest BCUT2D eigenvalue weighted by molar-refractivity contribution is 5.99. The van der Waals surface area contributed by atoms with Gasteiger partial charge in [-0.15, -0.1) is 0 Å². The number of nitrogens with zero attached hydrogens (tertiary/aromatic N) is 7. The van der Waals surface area contributed by atoms with Crippen molar-refractivity contribution in [2.45, 2.75) is 25.8 Å². The fourth-order valence-electron chi connectivity index (χ4n) is 4.45. The summed E-state index contributed by atoms with van der Waals surface area (Å²) in [4.78, 5) is 37.9. The first-order valence-electron chi connectivity index (χ1n) is 11.1. The zero-order valence-electron chi connectivity index (χ0n) is 19.2. The van der Waals surface area contributed by atoms with Gasteiger partial charge >= 0.3 is 0 Å². The summed E-state index contributed by atoms with van der Waals surface area (Å²) in [5.41, 5.74) is 4.11. The van der Waals surface area contributed by atoms with Crippen LogP contribution >= 0.6 is 0 Å². The van der Waals surface area contributed by atoms with Crippen LogP contribution in [0.5, 0.6) is 0 Å². The second-order valence-corrected chi connectivity index (χ2v) is 8.91. The average molecular weight is 461 g/mol. The number of amides is 1. The molecule has 1 aliphatic carbocycles. The van der Waals surface area contributed by atoms with Gasteiger partial charge in [0, 0.05) is 44.9 Å². The number of rotatable bonds is 4. The highest BCUT2D eigenvalue weighted by Crippen LogP contribution is 2.45. The van der Waals surface area contributed by atoms with E-state index in [1.165, 1.54) is 4.68 Å². The maximum Gasteiger partial charge on any atom is 0.277 e. The molecule has 0 saturated heterocycles. The number of carbonyl (C=O) groups excluding carboxylic acids is 1. The molecule has 1 atom stereocenters. The van der Waals surface area contributed by atoms with Crippen LogP contribution in [0.1, 0.15) is 31.5 Å². The molecule has 34 heavy (non-hydrogen) atoms. The summed E-state index contributed by atoms with van der Waals surface area (Å²) in [5, 5.41) is 18.7. The second kappa shape index (κ2) is 7.14. The molecule has 174 valence electrons. The molecule has 1 unspecified atom stereocenters. The molecule has 1 fully saturated rings. The van der Waals surface area contributed by atoms with E-state index < -0.39 is 0 Å². The molecular formula is C22H24N10O2. The quantitative estimate of drug-likeness (QED) is 0.421. The van der Waals surface area contributed by atoms with Crippen molar-refractivity contribution in [1.29, 1.82) is 0 Å². The molecule has 1 amide bonds. The Morgan fingerprint density at radius 1 is 1.21 bits per heavy atom. The Kier molecular flexibility index (Phi) is 4.28. The molecule has 2 aliphatic rings. The molecule has 0 spiro atoms. The first-order chi connectivity index (χ1) is 16.3. The van der Waals surface area contributed by atoms with Gasteiger partial charge in [0.15, 0.2) is 11.5 Å². The Labute approximate surface area is 194 Å². The monoisotopic (exact) mass is 460 g/mol. The van der Waals surface area contributed by atoms with E-state index in [0.717, 1.165) is 35.5 Å². The van der Waals surface area contributed by atoms with Crippen molar-refractivity contribution in [2.75, 3.05) is 22.6 Å². The van der Waals surface area contributed by atoms with E-state index in [-0.39, 0.29) is 23.4 Å². The van der Waals surface area contributed by atoms with Gasteiger partial charge in [-0.2, -0.15) is 15.0 Å². The molecule has 6 rings (SSSR count). The second-order valence-electron chi connectivity index (χ2n) is 8.91. The van der Waals surface area contributed by atoms with Crippen molar-refractivity contribution >= 4 is 40.0 Å². The van der Waals surface area contributed by atoms with Crippen molar-refractivity contribution in [1.82, 2.24) is 34.7 Å². The van der Waals surface area contributed by atoms with Gasteiger partial charge in [0.2, 0.25) is 5.91 Å². The third-order valence-electron chi connectivity index (χ3n) is 6.51. The smallest absolute Gasteiger partial charge is 0.277 e. The number of aromatic nitrogens is 7. The van der Waals surface area contributed by atoms with E-state index in [2.05, 4.69) is 47.7 Å². The highest BCUT2D eigenvalue weighted by Gasteiger charge is 2.33. The third kappa shape index (κ3) is 3.05. The van der Waals surface area contributed by atoms with Gasteiger partial charge in [-0.25, -0.2) is 9.97 Å². The number of anilines is 4. The summed E-state index contributed by atoms with van der Waals surface area (Å²) in [6.45, 7) is 2.06.